The Labute approximate surface area is 216 Å². The monoisotopic (exact) mass is 529 g/mol. The lowest BCUT2D eigenvalue weighted by atomic mass is 9.92. The molecule has 3 aromatic rings. The third kappa shape index (κ3) is 5.47. The number of fused-ring (bicyclic) bond motifs is 3. The fourth-order valence-corrected chi connectivity index (χ4v) is 5.14. The Bertz CT molecular complexity index is 1330. The molecule has 3 heterocycles. The van der Waals surface area contributed by atoms with Gasteiger partial charge in [0, 0.05) is 54.7 Å². The number of benzene rings is 2. The third-order valence-corrected chi connectivity index (χ3v) is 7.03. The fourth-order valence-electron chi connectivity index (χ4n) is 5.01. The van der Waals surface area contributed by atoms with Crippen molar-refractivity contribution in [2.24, 2.45) is 0 Å². The van der Waals surface area contributed by atoms with E-state index in [0.29, 0.717) is 18.0 Å². The molecular formula is C27H23ClF3N3O3. The number of piperazine rings is 1. The van der Waals surface area contributed by atoms with E-state index in [2.05, 4.69) is 25.6 Å². The van der Waals surface area contributed by atoms with Crippen molar-refractivity contribution < 1.29 is 27.5 Å². The molecule has 2 aliphatic rings. The van der Waals surface area contributed by atoms with Crippen LogP contribution in [0.1, 0.15) is 28.0 Å². The van der Waals surface area contributed by atoms with Crippen LogP contribution in [-0.2, 0) is 22.5 Å². The standard InChI is InChI=1S/C27H23ClF3N3O3/c28-20-7-3-17(4-8-20)22-2-1-11-32-23(22)16-33-12-13-34-21(15-33)9-5-18-14-19(6-10-24(18)34)25(35)37-26(36)27(29,30)31/h1-4,6-8,10-11,14,21H,5,9,12-13,15-16H2/t21-/m1/s1. The molecule has 2 aliphatic heterocycles. The maximum atomic E-state index is 12.4. The first-order valence-electron chi connectivity index (χ1n) is 11.8. The van der Waals surface area contributed by atoms with Crippen LogP contribution in [0.25, 0.3) is 11.1 Å². The molecule has 10 heteroatoms. The molecule has 5 rings (SSSR count). The summed E-state index contributed by atoms with van der Waals surface area (Å²) in [5, 5.41) is 0.682. The fraction of sp³-hybridized carbons (Fsp3) is 0.296. The average molecular weight is 530 g/mol. The van der Waals surface area contributed by atoms with Gasteiger partial charge in [-0.05, 0) is 60.4 Å². The molecule has 0 unspecified atom stereocenters. The summed E-state index contributed by atoms with van der Waals surface area (Å²) in [5.74, 6) is -3.82. The highest BCUT2D eigenvalue weighted by Gasteiger charge is 2.42. The van der Waals surface area contributed by atoms with Gasteiger partial charge in [0.2, 0.25) is 0 Å². The molecule has 192 valence electrons. The Morgan fingerprint density at radius 3 is 2.62 bits per heavy atom. The number of nitrogens with zero attached hydrogens (tertiary/aromatic N) is 3. The highest BCUT2D eigenvalue weighted by molar-refractivity contribution is 6.30. The predicted octanol–water partition coefficient (Wildman–Crippen LogP) is 5.28. The largest absolute Gasteiger partial charge is 0.491 e. The smallest absolute Gasteiger partial charge is 0.383 e. The van der Waals surface area contributed by atoms with E-state index in [1.165, 1.54) is 12.1 Å². The molecule has 0 spiro atoms. The molecule has 0 amide bonds. The van der Waals surface area contributed by atoms with Gasteiger partial charge >= 0.3 is 18.1 Å². The third-order valence-electron chi connectivity index (χ3n) is 6.77. The van der Waals surface area contributed by atoms with Crippen LogP contribution in [0.4, 0.5) is 18.9 Å². The van der Waals surface area contributed by atoms with Crippen molar-refractivity contribution in [3.8, 4) is 11.1 Å². The summed E-state index contributed by atoms with van der Waals surface area (Å²) < 4.78 is 41.3. The minimum absolute atomic E-state index is 0.0710. The van der Waals surface area contributed by atoms with Gasteiger partial charge in [0.25, 0.3) is 0 Å². The summed E-state index contributed by atoms with van der Waals surface area (Å²) in [6.45, 7) is 3.10. The van der Waals surface area contributed by atoms with Crippen LogP contribution >= 0.6 is 11.6 Å². The van der Waals surface area contributed by atoms with Gasteiger partial charge < -0.3 is 9.64 Å². The number of alkyl halides is 3. The number of rotatable bonds is 4. The highest BCUT2D eigenvalue weighted by Crippen LogP contribution is 2.34. The van der Waals surface area contributed by atoms with Gasteiger partial charge in [0.15, 0.2) is 0 Å². The number of carbonyl (C=O) groups excluding carboxylic acids is 2. The summed E-state index contributed by atoms with van der Waals surface area (Å²) >= 11 is 6.05. The normalized spacial score (nSPS) is 17.6. The first-order chi connectivity index (χ1) is 17.7. The maximum Gasteiger partial charge on any atom is 0.491 e. The summed E-state index contributed by atoms with van der Waals surface area (Å²) in [6, 6.07) is 16.6. The number of hydrogen-bond donors (Lipinski definition) is 0. The molecule has 1 aromatic heterocycles. The second-order valence-electron chi connectivity index (χ2n) is 9.14. The van der Waals surface area contributed by atoms with Gasteiger partial charge in [-0.3, -0.25) is 9.88 Å². The van der Waals surface area contributed by atoms with Gasteiger partial charge in [0.05, 0.1) is 11.3 Å². The second-order valence-corrected chi connectivity index (χ2v) is 9.58. The average Bonchev–Trinajstić information content (AvgIpc) is 2.88. The first kappa shape index (κ1) is 25.2. The van der Waals surface area contributed by atoms with Gasteiger partial charge in [-0.15, -0.1) is 0 Å². The van der Waals surface area contributed by atoms with Crippen LogP contribution in [-0.4, -0.2) is 53.7 Å². The molecular weight excluding hydrogens is 507 g/mol. The van der Waals surface area contributed by atoms with E-state index >= 15 is 0 Å². The first-order valence-corrected chi connectivity index (χ1v) is 12.2. The quantitative estimate of drug-likeness (QED) is 0.338. The number of ether oxygens (including phenoxy) is 1. The zero-order chi connectivity index (χ0) is 26.2. The number of hydrogen-bond acceptors (Lipinski definition) is 6. The molecule has 1 atom stereocenters. The Kier molecular flexibility index (Phi) is 6.92. The SMILES string of the molecule is O=C(OC(=O)C(F)(F)F)c1ccc2c(c1)CC[C@@H]1CN(Cc3ncccc3-c3ccc(Cl)cc3)CCN21. The number of halogens is 4. The number of aryl methyl sites for hydroxylation is 1. The lowest BCUT2D eigenvalue weighted by Crippen LogP contribution is -2.54. The van der Waals surface area contributed by atoms with Crippen LogP contribution in [0.3, 0.4) is 0 Å². The summed E-state index contributed by atoms with van der Waals surface area (Å²) in [6.07, 6.45) is -1.93. The van der Waals surface area contributed by atoms with Crippen molar-refractivity contribution in [2.75, 3.05) is 24.5 Å². The maximum absolute atomic E-state index is 12.4. The molecule has 6 nitrogen and oxygen atoms in total. The molecule has 37 heavy (non-hydrogen) atoms. The van der Waals surface area contributed by atoms with Crippen molar-refractivity contribution >= 4 is 29.2 Å². The molecule has 0 radical (unpaired) electrons. The van der Waals surface area contributed by atoms with Crippen molar-refractivity contribution in [3.05, 3.63) is 82.6 Å². The molecule has 0 bridgehead atoms. The van der Waals surface area contributed by atoms with E-state index in [1.54, 1.807) is 12.3 Å². The van der Waals surface area contributed by atoms with Crippen LogP contribution in [0, 0.1) is 0 Å². The molecule has 2 aromatic carbocycles. The minimum Gasteiger partial charge on any atom is -0.383 e. The van der Waals surface area contributed by atoms with Gasteiger partial charge in [-0.25, -0.2) is 9.59 Å². The van der Waals surface area contributed by atoms with Gasteiger partial charge in [0.1, 0.15) is 0 Å². The number of pyridine rings is 1. The number of carbonyl (C=O) groups is 2. The van der Waals surface area contributed by atoms with Crippen LogP contribution in [0.2, 0.25) is 5.02 Å². The Morgan fingerprint density at radius 1 is 1.08 bits per heavy atom. The number of anilines is 1. The summed E-state index contributed by atoms with van der Waals surface area (Å²) in [7, 11) is 0. The van der Waals surface area contributed by atoms with Crippen LogP contribution < -0.4 is 4.90 Å². The Balaban J connectivity index is 1.27. The lowest BCUT2D eigenvalue weighted by molar-refractivity contribution is -0.193. The zero-order valence-corrected chi connectivity index (χ0v) is 20.4. The van der Waals surface area contributed by atoms with E-state index in [9.17, 15) is 22.8 Å². The van der Waals surface area contributed by atoms with Gasteiger partial charge in [-0.2, -0.15) is 13.2 Å². The van der Waals surface area contributed by atoms with Crippen molar-refractivity contribution in [1.82, 2.24) is 9.88 Å². The summed E-state index contributed by atoms with van der Waals surface area (Å²) in [5.41, 5.74) is 4.86. The Morgan fingerprint density at radius 2 is 1.86 bits per heavy atom. The van der Waals surface area contributed by atoms with Crippen molar-refractivity contribution in [1.29, 1.82) is 0 Å². The van der Waals surface area contributed by atoms with E-state index in [4.69, 9.17) is 11.6 Å². The highest BCUT2D eigenvalue weighted by atomic mass is 35.5. The van der Waals surface area contributed by atoms with Crippen molar-refractivity contribution in [3.63, 3.8) is 0 Å². The predicted molar refractivity (Wildman–Crippen MR) is 132 cm³/mol. The topological polar surface area (TPSA) is 62.7 Å². The molecule has 1 saturated heterocycles. The van der Waals surface area contributed by atoms with E-state index in [1.807, 2.05) is 30.3 Å². The van der Waals surface area contributed by atoms with Crippen molar-refractivity contribution in [2.45, 2.75) is 31.6 Å². The molecule has 1 fully saturated rings. The Hall–Kier alpha value is -3.43. The van der Waals surface area contributed by atoms with E-state index in [0.717, 1.165) is 54.1 Å². The number of aromatic nitrogens is 1. The molecule has 0 aliphatic carbocycles. The summed E-state index contributed by atoms with van der Waals surface area (Å²) in [4.78, 5) is 32.4. The lowest BCUT2D eigenvalue weighted by Gasteiger charge is -2.46. The zero-order valence-electron chi connectivity index (χ0n) is 19.7. The van der Waals surface area contributed by atoms with Crippen LogP contribution in [0.15, 0.2) is 60.8 Å². The van der Waals surface area contributed by atoms with E-state index < -0.39 is 18.1 Å². The van der Waals surface area contributed by atoms with E-state index in [-0.39, 0.29) is 11.6 Å². The molecule has 0 saturated carbocycles. The second kappa shape index (κ2) is 10.1. The minimum atomic E-state index is -5.22. The number of esters is 2. The van der Waals surface area contributed by atoms with Gasteiger partial charge in [-0.1, -0.05) is 29.8 Å². The van der Waals surface area contributed by atoms with Crippen LogP contribution in [0.5, 0.6) is 0 Å². The molecule has 0 N–H and O–H groups in total.